The van der Waals surface area contributed by atoms with Crippen molar-refractivity contribution in [3.05, 3.63) is 95.8 Å². The fourth-order valence-electron chi connectivity index (χ4n) is 2.53. The minimum Gasteiger partial charge on any atom is -0.487 e. The second-order valence-electron chi connectivity index (χ2n) is 6.36. The summed E-state index contributed by atoms with van der Waals surface area (Å²) in [5.74, 6) is -0.454. The van der Waals surface area contributed by atoms with Gasteiger partial charge in [0.1, 0.15) is 12.4 Å². The van der Waals surface area contributed by atoms with Crippen LogP contribution >= 0.6 is 0 Å². The summed E-state index contributed by atoms with van der Waals surface area (Å²) in [5, 5.41) is 11.4. The number of aromatic nitrogens is 1. The Morgan fingerprint density at radius 1 is 1.06 bits per heavy atom. The van der Waals surface area contributed by atoms with Gasteiger partial charge in [-0.2, -0.15) is 5.26 Å². The van der Waals surface area contributed by atoms with Crippen LogP contribution in [-0.4, -0.2) is 23.5 Å². The average Bonchev–Trinajstić information content (AvgIpc) is 2.81. The molecule has 0 aliphatic carbocycles. The van der Waals surface area contributed by atoms with E-state index in [9.17, 15) is 9.59 Å². The largest absolute Gasteiger partial charge is 0.487 e. The van der Waals surface area contributed by atoms with E-state index in [-0.39, 0.29) is 0 Å². The summed E-state index contributed by atoms with van der Waals surface area (Å²) in [7, 11) is 0. The summed E-state index contributed by atoms with van der Waals surface area (Å²) in [6.07, 6.45) is 4.54. The van der Waals surface area contributed by atoms with Crippen LogP contribution in [0.1, 0.15) is 16.8 Å². The molecule has 0 fully saturated rings. The van der Waals surface area contributed by atoms with Gasteiger partial charge in [-0.3, -0.25) is 9.78 Å². The van der Waals surface area contributed by atoms with Gasteiger partial charge in [-0.05, 0) is 54.1 Å². The van der Waals surface area contributed by atoms with Crippen LogP contribution in [0, 0.1) is 11.3 Å². The van der Waals surface area contributed by atoms with Crippen molar-refractivity contribution in [3.8, 4) is 11.8 Å². The molecule has 1 N–H and O–H groups in total. The monoisotopic (exact) mass is 413 g/mol. The number of nitrogens with zero attached hydrogens (tertiary/aromatic N) is 2. The molecule has 0 aliphatic heterocycles. The van der Waals surface area contributed by atoms with Crippen LogP contribution in [0.4, 0.5) is 5.69 Å². The van der Waals surface area contributed by atoms with Gasteiger partial charge in [0.15, 0.2) is 6.61 Å². The first kappa shape index (κ1) is 21.3. The van der Waals surface area contributed by atoms with Crippen molar-refractivity contribution in [2.45, 2.75) is 6.61 Å². The first-order chi connectivity index (χ1) is 15.1. The number of pyridine rings is 1. The predicted octanol–water partition coefficient (Wildman–Crippen LogP) is 3.73. The Kier molecular flexibility index (Phi) is 7.50. The van der Waals surface area contributed by atoms with E-state index in [1.54, 1.807) is 54.7 Å². The second-order valence-corrected chi connectivity index (χ2v) is 6.36. The van der Waals surface area contributed by atoms with E-state index < -0.39 is 18.5 Å². The van der Waals surface area contributed by atoms with E-state index in [1.807, 2.05) is 24.3 Å². The van der Waals surface area contributed by atoms with Crippen LogP contribution in [0.3, 0.4) is 0 Å². The van der Waals surface area contributed by atoms with E-state index in [1.165, 1.54) is 12.1 Å². The predicted molar refractivity (Wildman–Crippen MR) is 115 cm³/mol. The molecule has 0 unspecified atom stereocenters. The molecule has 0 radical (unpaired) electrons. The molecule has 0 saturated heterocycles. The summed E-state index contributed by atoms with van der Waals surface area (Å²) in [6, 6.07) is 21.2. The number of nitriles is 1. The first-order valence-corrected chi connectivity index (χ1v) is 9.40. The number of carbonyl (C=O) groups excluding carboxylic acids is 2. The standard InChI is InChI=1S/C24H19N3O4/c25-15-19-4-3-6-20(14-19)27-23(28)17-31-24(29)12-9-18-7-10-22(11-8-18)30-16-21-5-1-2-13-26-21/h1-14H,16-17H2,(H,27,28). The highest BCUT2D eigenvalue weighted by Crippen LogP contribution is 2.15. The molecule has 154 valence electrons. The topological polar surface area (TPSA) is 101 Å². The van der Waals surface area contributed by atoms with Crippen LogP contribution < -0.4 is 10.1 Å². The quantitative estimate of drug-likeness (QED) is 0.446. The van der Waals surface area contributed by atoms with Crippen molar-refractivity contribution in [1.82, 2.24) is 4.98 Å². The highest BCUT2D eigenvalue weighted by Gasteiger charge is 2.06. The number of ether oxygens (including phenoxy) is 2. The number of hydrogen-bond acceptors (Lipinski definition) is 6. The maximum atomic E-state index is 11.9. The van der Waals surface area contributed by atoms with E-state index in [2.05, 4.69) is 10.3 Å². The first-order valence-electron chi connectivity index (χ1n) is 9.40. The van der Waals surface area contributed by atoms with Gasteiger partial charge in [0.05, 0.1) is 17.3 Å². The van der Waals surface area contributed by atoms with Crippen LogP contribution in [0.15, 0.2) is 79.0 Å². The summed E-state index contributed by atoms with van der Waals surface area (Å²) >= 11 is 0. The molecule has 0 spiro atoms. The van der Waals surface area contributed by atoms with Crippen molar-refractivity contribution in [2.75, 3.05) is 11.9 Å². The third-order valence-electron chi connectivity index (χ3n) is 4.03. The number of nitrogens with one attached hydrogen (secondary N) is 1. The normalized spacial score (nSPS) is 10.3. The molecule has 3 rings (SSSR count). The number of rotatable bonds is 8. The molecule has 0 saturated carbocycles. The SMILES string of the molecule is N#Cc1cccc(NC(=O)COC(=O)C=Cc2ccc(OCc3ccccn3)cc2)c1. The Bertz CT molecular complexity index is 1100. The van der Waals surface area contributed by atoms with Crippen LogP contribution in [0.5, 0.6) is 5.75 Å². The lowest BCUT2D eigenvalue weighted by Gasteiger charge is -2.06. The summed E-state index contributed by atoms with van der Waals surface area (Å²) in [5.41, 5.74) is 2.49. The van der Waals surface area contributed by atoms with Gasteiger partial charge in [0.25, 0.3) is 5.91 Å². The Morgan fingerprint density at radius 2 is 1.90 bits per heavy atom. The minimum absolute atomic E-state index is 0.366. The van der Waals surface area contributed by atoms with Gasteiger partial charge in [-0.15, -0.1) is 0 Å². The molecular weight excluding hydrogens is 394 g/mol. The molecule has 31 heavy (non-hydrogen) atoms. The fourth-order valence-corrected chi connectivity index (χ4v) is 2.53. The zero-order valence-electron chi connectivity index (χ0n) is 16.5. The zero-order chi connectivity index (χ0) is 21.9. The van der Waals surface area contributed by atoms with Gasteiger partial charge >= 0.3 is 5.97 Å². The van der Waals surface area contributed by atoms with E-state index in [4.69, 9.17) is 14.7 Å². The Balaban J connectivity index is 1.42. The number of anilines is 1. The molecular formula is C24H19N3O4. The van der Waals surface area contributed by atoms with Crippen molar-refractivity contribution >= 4 is 23.6 Å². The lowest BCUT2D eigenvalue weighted by Crippen LogP contribution is -2.20. The average molecular weight is 413 g/mol. The number of benzene rings is 2. The molecule has 0 atom stereocenters. The Labute approximate surface area is 179 Å². The maximum absolute atomic E-state index is 11.9. The Morgan fingerprint density at radius 3 is 2.65 bits per heavy atom. The lowest BCUT2D eigenvalue weighted by atomic mass is 10.2. The summed E-state index contributed by atoms with van der Waals surface area (Å²) in [4.78, 5) is 27.9. The minimum atomic E-state index is -0.642. The molecule has 1 aromatic heterocycles. The maximum Gasteiger partial charge on any atom is 0.331 e. The zero-order valence-corrected chi connectivity index (χ0v) is 16.5. The highest BCUT2D eigenvalue weighted by molar-refractivity contribution is 5.94. The summed E-state index contributed by atoms with van der Waals surface area (Å²) in [6.45, 7) is -0.0640. The molecule has 7 heteroatoms. The number of esters is 1. The van der Waals surface area contributed by atoms with Gasteiger partial charge in [0.2, 0.25) is 0 Å². The van der Waals surface area contributed by atoms with Crippen molar-refractivity contribution in [3.63, 3.8) is 0 Å². The Hall–Kier alpha value is -4.44. The van der Waals surface area contributed by atoms with Crippen LogP contribution in [0.25, 0.3) is 6.08 Å². The third-order valence-corrected chi connectivity index (χ3v) is 4.03. The molecule has 3 aromatic rings. The van der Waals surface area contributed by atoms with Crippen molar-refractivity contribution in [1.29, 1.82) is 5.26 Å². The molecule has 0 bridgehead atoms. The molecule has 0 aliphatic rings. The number of hydrogen-bond donors (Lipinski definition) is 1. The number of amides is 1. The number of carbonyl (C=O) groups is 2. The molecule has 1 amide bonds. The third kappa shape index (κ3) is 7.15. The molecule has 2 aromatic carbocycles. The van der Waals surface area contributed by atoms with Crippen LogP contribution in [-0.2, 0) is 20.9 Å². The van der Waals surface area contributed by atoms with Gasteiger partial charge in [-0.1, -0.05) is 24.3 Å². The smallest absolute Gasteiger partial charge is 0.331 e. The highest BCUT2D eigenvalue weighted by atomic mass is 16.5. The fraction of sp³-hybridized carbons (Fsp3) is 0.0833. The van der Waals surface area contributed by atoms with Crippen LogP contribution in [0.2, 0.25) is 0 Å². The van der Waals surface area contributed by atoms with Crippen molar-refractivity contribution < 1.29 is 19.1 Å². The van der Waals surface area contributed by atoms with E-state index >= 15 is 0 Å². The van der Waals surface area contributed by atoms with Gasteiger partial charge < -0.3 is 14.8 Å². The molecule has 7 nitrogen and oxygen atoms in total. The second kappa shape index (κ2) is 10.9. The van der Waals surface area contributed by atoms with Gasteiger partial charge in [-0.25, -0.2) is 4.79 Å². The summed E-state index contributed by atoms with van der Waals surface area (Å²) < 4.78 is 10.6. The van der Waals surface area contributed by atoms with Gasteiger partial charge in [0, 0.05) is 18.0 Å². The molecule has 1 heterocycles. The van der Waals surface area contributed by atoms with Crippen molar-refractivity contribution in [2.24, 2.45) is 0 Å². The van der Waals surface area contributed by atoms with E-state index in [0.29, 0.717) is 23.6 Å². The lowest BCUT2D eigenvalue weighted by molar-refractivity contribution is -0.142. The van der Waals surface area contributed by atoms with E-state index in [0.717, 1.165) is 11.3 Å².